The van der Waals surface area contributed by atoms with Gasteiger partial charge in [-0.25, -0.2) is 0 Å². The lowest BCUT2D eigenvalue weighted by Gasteiger charge is -2.23. The number of thioether (sulfide) groups is 1. The monoisotopic (exact) mass is 352 g/mol. The van der Waals surface area contributed by atoms with Crippen molar-refractivity contribution in [3.05, 3.63) is 54.0 Å². The van der Waals surface area contributed by atoms with E-state index in [1.165, 1.54) is 4.90 Å². The topological polar surface area (TPSA) is 45.5 Å². The largest absolute Gasteiger partial charge is 0.459 e. The van der Waals surface area contributed by atoms with E-state index < -0.39 is 0 Å². The van der Waals surface area contributed by atoms with Crippen molar-refractivity contribution in [3.8, 4) is 0 Å². The van der Waals surface area contributed by atoms with Gasteiger partial charge in [0.25, 0.3) is 5.91 Å². The molecule has 0 saturated carbocycles. The van der Waals surface area contributed by atoms with E-state index in [9.17, 15) is 4.79 Å². The fourth-order valence-corrected chi connectivity index (χ4v) is 3.51. The number of halogens is 1. The number of carbonyl (C=O) groups excluding carboxylic acids is 1. The first-order valence-electron chi connectivity index (χ1n) is 7.48. The molecule has 4 nitrogen and oxygen atoms in total. The third-order valence-electron chi connectivity index (χ3n) is 3.98. The maximum absolute atomic E-state index is 12.6. The Labute approximate surface area is 147 Å². The SMILES string of the molecule is CN(C(=O)c1occc1CSc1ccccc1)C1CCNC1.Cl. The number of likely N-dealkylation sites (N-methyl/N-ethyl adjacent to an activating group) is 1. The second-order valence-electron chi connectivity index (χ2n) is 5.44. The molecule has 1 atom stereocenters. The number of carbonyl (C=O) groups is 1. The summed E-state index contributed by atoms with van der Waals surface area (Å²) in [6.07, 6.45) is 2.60. The van der Waals surface area contributed by atoms with E-state index in [1.54, 1.807) is 22.9 Å². The van der Waals surface area contributed by atoms with Gasteiger partial charge in [-0.3, -0.25) is 4.79 Å². The van der Waals surface area contributed by atoms with Crippen molar-refractivity contribution in [2.24, 2.45) is 0 Å². The molecule has 2 aromatic rings. The highest BCUT2D eigenvalue weighted by molar-refractivity contribution is 7.98. The van der Waals surface area contributed by atoms with Gasteiger partial charge < -0.3 is 14.6 Å². The minimum Gasteiger partial charge on any atom is -0.459 e. The molecule has 1 aliphatic rings. The molecule has 0 spiro atoms. The molecule has 1 unspecified atom stereocenters. The summed E-state index contributed by atoms with van der Waals surface area (Å²) in [6.45, 7) is 1.83. The first kappa shape index (κ1) is 17.9. The summed E-state index contributed by atoms with van der Waals surface area (Å²) in [5, 5.41) is 3.29. The van der Waals surface area contributed by atoms with Gasteiger partial charge in [0.1, 0.15) is 0 Å². The van der Waals surface area contributed by atoms with Crippen molar-refractivity contribution in [1.29, 1.82) is 0 Å². The van der Waals surface area contributed by atoms with Crippen molar-refractivity contribution >= 4 is 30.1 Å². The van der Waals surface area contributed by atoms with E-state index in [4.69, 9.17) is 4.42 Å². The van der Waals surface area contributed by atoms with Crippen LogP contribution in [0.5, 0.6) is 0 Å². The number of nitrogens with zero attached hydrogens (tertiary/aromatic N) is 1. The van der Waals surface area contributed by atoms with Crippen molar-refractivity contribution < 1.29 is 9.21 Å². The zero-order valence-electron chi connectivity index (χ0n) is 13.0. The maximum atomic E-state index is 12.6. The smallest absolute Gasteiger partial charge is 0.289 e. The second kappa shape index (κ2) is 8.43. The molecule has 0 aliphatic carbocycles. The Bertz CT molecular complexity index is 627. The van der Waals surface area contributed by atoms with Crippen molar-refractivity contribution in [1.82, 2.24) is 10.2 Å². The molecule has 23 heavy (non-hydrogen) atoms. The molecule has 3 rings (SSSR count). The van der Waals surface area contributed by atoms with E-state index in [-0.39, 0.29) is 24.4 Å². The molecule has 1 aromatic carbocycles. The quantitative estimate of drug-likeness (QED) is 0.837. The van der Waals surface area contributed by atoms with Crippen LogP contribution >= 0.6 is 24.2 Å². The number of benzene rings is 1. The number of hydrogen-bond acceptors (Lipinski definition) is 4. The number of amides is 1. The molecular weight excluding hydrogens is 332 g/mol. The van der Waals surface area contributed by atoms with Crippen LogP contribution in [0.15, 0.2) is 52.0 Å². The summed E-state index contributed by atoms with van der Waals surface area (Å²) < 4.78 is 5.47. The van der Waals surface area contributed by atoms with Gasteiger partial charge in [-0.15, -0.1) is 24.2 Å². The fourth-order valence-electron chi connectivity index (χ4n) is 2.61. The van der Waals surface area contributed by atoms with E-state index in [2.05, 4.69) is 17.4 Å². The van der Waals surface area contributed by atoms with Crippen LogP contribution < -0.4 is 5.32 Å². The van der Waals surface area contributed by atoms with Gasteiger partial charge in [0.05, 0.1) is 6.26 Å². The van der Waals surface area contributed by atoms with Crippen LogP contribution in [0.25, 0.3) is 0 Å². The third kappa shape index (κ3) is 4.31. The zero-order valence-corrected chi connectivity index (χ0v) is 14.7. The second-order valence-corrected chi connectivity index (χ2v) is 6.49. The van der Waals surface area contributed by atoms with Crippen molar-refractivity contribution in [2.75, 3.05) is 20.1 Å². The van der Waals surface area contributed by atoms with Crippen molar-refractivity contribution in [2.45, 2.75) is 23.1 Å². The lowest BCUT2D eigenvalue weighted by atomic mass is 10.2. The highest BCUT2D eigenvalue weighted by Gasteiger charge is 2.27. The Kier molecular flexibility index (Phi) is 6.57. The lowest BCUT2D eigenvalue weighted by molar-refractivity contribution is 0.0710. The van der Waals surface area contributed by atoms with Crippen LogP contribution in [0, 0.1) is 0 Å². The highest BCUT2D eigenvalue weighted by Crippen LogP contribution is 2.26. The number of hydrogen-bond donors (Lipinski definition) is 1. The van der Waals surface area contributed by atoms with E-state index in [0.29, 0.717) is 5.76 Å². The van der Waals surface area contributed by atoms with Gasteiger partial charge in [0, 0.05) is 35.8 Å². The lowest BCUT2D eigenvalue weighted by Crippen LogP contribution is -2.38. The van der Waals surface area contributed by atoms with E-state index in [1.807, 2.05) is 31.3 Å². The summed E-state index contributed by atoms with van der Waals surface area (Å²) >= 11 is 1.71. The molecule has 1 N–H and O–H groups in total. The van der Waals surface area contributed by atoms with Gasteiger partial charge in [-0.2, -0.15) is 0 Å². The molecule has 1 aliphatic heterocycles. The Morgan fingerprint density at radius 1 is 1.35 bits per heavy atom. The molecule has 6 heteroatoms. The first-order chi connectivity index (χ1) is 10.8. The summed E-state index contributed by atoms with van der Waals surface area (Å²) in [5.74, 6) is 1.18. The molecule has 1 fully saturated rings. The summed E-state index contributed by atoms with van der Waals surface area (Å²) in [5.41, 5.74) is 0.955. The van der Waals surface area contributed by atoms with Gasteiger partial charge in [-0.1, -0.05) is 18.2 Å². The maximum Gasteiger partial charge on any atom is 0.289 e. The van der Waals surface area contributed by atoms with Gasteiger partial charge in [0.15, 0.2) is 5.76 Å². The zero-order chi connectivity index (χ0) is 15.4. The van der Waals surface area contributed by atoms with E-state index in [0.717, 1.165) is 30.8 Å². The summed E-state index contributed by atoms with van der Waals surface area (Å²) in [6, 6.07) is 12.3. The van der Waals surface area contributed by atoms with Crippen molar-refractivity contribution in [3.63, 3.8) is 0 Å². The fraction of sp³-hybridized carbons (Fsp3) is 0.353. The van der Waals surface area contributed by atoms with Crippen LogP contribution in [-0.4, -0.2) is 37.0 Å². The first-order valence-corrected chi connectivity index (χ1v) is 8.46. The number of furan rings is 1. The number of rotatable bonds is 5. The third-order valence-corrected chi connectivity index (χ3v) is 5.04. The summed E-state index contributed by atoms with van der Waals surface area (Å²) in [7, 11) is 1.86. The average molecular weight is 353 g/mol. The van der Waals surface area contributed by atoms with Crippen LogP contribution in [0.2, 0.25) is 0 Å². The minimum atomic E-state index is -0.0256. The molecule has 0 bridgehead atoms. The Hall–Kier alpha value is -1.43. The predicted octanol–water partition coefficient (Wildman–Crippen LogP) is 3.43. The van der Waals surface area contributed by atoms with Crippen LogP contribution in [0.3, 0.4) is 0 Å². The molecular formula is C17H21ClN2O2S. The molecule has 1 aromatic heterocycles. The molecule has 0 radical (unpaired) electrons. The molecule has 1 amide bonds. The molecule has 124 valence electrons. The van der Waals surface area contributed by atoms with Crippen LogP contribution in [0.1, 0.15) is 22.5 Å². The predicted molar refractivity (Wildman–Crippen MR) is 95.3 cm³/mol. The Balaban J connectivity index is 0.00000192. The summed E-state index contributed by atoms with van der Waals surface area (Å²) in [4.78, 5) is 15.6. The van der Waals surface area contributed by atoms with E-state index >= 15 is 0 Å². The van der Waals surface area contributed by atoms with Gasteiger partial charge >= 0.3 is 0 Å². The van der Waals surface area contributed by atoms with Crippen LogP contribution in [-0.2, 0) is 5.75 Å². The number of nitrogens with one attached hydrogen (secondary N) is 1. The highest BCUT2D eigenvalue weighted by atomic mass is 35.5. The normalized spacial score (nSPS) is 16.8. The molecule has 2 heterocycles. The minimum absolute atomic E-state index is 0. The van der Waals surface area contributed by atoms with Gasteiger partial charge in [-0.05, 0) is 31.2 Å². The molecule has 1 saturated heterocycles. The standard InChI is InChI=1S/C17H20N2O2S.ClH/c1-19(14-7-9-18-11-14)17(20)16-13(8-10-21-16)12-22-15-5-3-2-4-6-15;/h2-6,8,10,14,18H,7,9,11-12H2,1H3;1H. The Morgan fingerprint density at radius 2 is 2.13 bits per heavy atom. The average Bonchev–Trinajstić information content (AvgIpc) is 3.24. The van der Waals surface area contributed by atoms with Crippen LogP contribution in [0.4, 0.5) is 0 Å². The van der Waals surface area contributed by atoms with Gasteiger partial charge in [0.2, 0.25) is 0 Å². The Morgan fingerprint density at radius 3 is 2.83 bits per heavy atom.